The number of methoxy groups -OCH3 is 1. The van der Waals surface area contributed by atoms with Gasteiger partial charge in [0, 0.05) is 17.2 Å². The largest absolute Gasteiger partial charge is 0.493 e. The molecule has 29 heavy (non-hydrogen) atoms. The van der Waals surface area contributed by atoms with Crippen LogP contribution in [-0.2, 0) is 0 Å². The zero-order valence-electron chi connectivity index (χ0n) is 16.8. The monoisotopic (exact) mass is 399 g/mol. The summed E-state index contributed by atoms with van der Waals surface area (Å²) < 4.78 is 10.9. The molecule has 154 valence electrons. The summed E-state index contributed by atoms with van der Waals surface area (Å²) in [7, 11) is 1.41. The predicted molar refractivity (Wildman–Crippen MR) is 111 cm³/mol. The average molecular weight is 399 g/mol. The van der Waals surface area contributed by atoms with Gasteiger partial charge >= 0.3 is 5.69 Å². The molecule has 0 radical (unpaired) electrons. The summed E-state index contributed by atoms with van der Waals surface area (Å²) in [6, 6.07) is 9.94. The van der Waals surface area contributed by atoms with Crippen molar-refractivity contribution in [3.63, 3.8) is 0 Å². The molecule has 2 aromatic carbocycles. The fourth-order valence-electron chi connectivity index (χ4n) is 2.58. The van der Waals surface area contributed by atoms with Gasteiger partial charge in [-0.05, 0) is 31.5 Å². The SMILES string of the molecule is CCCCCOc1c(OC)cc(/C=N\NC(=O)c2ccc(C)cc2)cc1[N+](=O)[O-]. The second-order valence-electron chi connectivity index (χ2n) is 6.45. The van der Waals surface area contributed by atoms with Gasteiger partial charge in [-0.15, -0.1) is 0 Å². The second kappa shape index (κ2) is 10.8. The molecule has 1 amide bonds. The molecule has 0 aliphatic heterocycles. The summed E-state index contributed by atoms with van der Waals surface area (Å²) in [5.41, 5.74) is 4.10. The molecule has 8 nitrogen and oxygen atoms in total. The Morgan fingerprint density at radius 2 is 1.97 bits per heavy atom. The first-order valence-electron chi connectivity index (χ1n) is 9.35. The van der Waals surface area contributed by atoms with Crippen molar-refractivity contribution in [2.45, 2.75) is 33.1 Å². The van der Waals surface area contributed by atoms with E-state index in [1.165, 1.54) is 19.4 Å². The molecule has 2 rings (SSSR count). The fourth-order valence-corrected chi connectivity index (χ4v) is 2.58. The van der Waals surface area contributed by atoms with Gasteiger partial charge in [-0.2, -0.15) is 5.10 Å². The quantitative estimate of drug-likeness (QED) is 0.278. The zero-order valence-corrected chi connectivity index (χ0v) is 16.8. The highest BCUT2D eigenvalue weighted by molar-refractivity contribution is 5.95. The number of unbranched alkanes of at least 4 members (excludes halogenated alkanes) is 2. The maximum atomic E-state index is 12.1. The van der Waals surface area contributed by atoms with Crippen molar-refractivity contribution in [1.29, 1.82) is 0 Å². The number of nitro benzene ring substituents is 1. The molecule has 0 spiro atoms. The Bertz CT molecular complexity index is 879. The van der Waals surface area contributed by atoms with Crippen LogP contribution in [0.5, 0.6) is 11.5 Å². The van der Waals surface area contributed by atoms with Crippen LogP contribution in [-0.4, -0.2) is 30.8 Å². The molecule has 0 bridgehead atoms. The molecule has 0 aliphatic rings. The van der Waals surface area contributed by atoms with Gasteiger partial charge in [0.2, 0.25) is 5.75 Å². The fraction of sp³-hybridized carbons (Fsp3) is 0.333. The summed E-state index contributed by atoms with van der Waals surface area (Å²) in [5.74, 6) is -0.0463. The number of hydrogen-bond donors (Lipinski definition) is 1. The highest BCUT2D eigenvalue weighted by atomic mass is 16.6. The number of rotatable bonds is 10. The normalized spacial score (nSPS) is 10.7. The molecule has 0 aromatic heterocycles. The number of hydrogen-bond acceptors (Lipinski definition) is 6. The van der Waals surface area contributed by atoms with E-state index in [2.05, 4.69) is 17.5 Å². The van der Waals surface area contributed by atoms with Crippen LogP contribution < -0.4 is 14.9 Å². The Morgan fingerprint density at radius 3 is 2.59 bits per heavy atom. The van der Waals surface area contributed by atoms with Crippen LogP contribution in [0.4, 0.5) is 5.69 Å². The maximum absolute atomic E-state index is 12.1. The molecule has 0 aliphatic carbocycles. The zero-order chi connectivity index (χ0) is 21.2. The predicted octanol–water partition coefficient (Wildman–Crippen LogP) is 4.24. The number of carbonyl (C=O) groups is 1. The van der Waals surface area contributed by atoms with E-state index in [9.17, 15) is 14.9 Å². The van der Waals surface area contributed by atoms with Crippen LogP contribution in [0.1, 0.15) is 47.7 Å². The highest BCUT2D eigenvalue weighted by Gasteiger charge is 2.22. The standard InChI is InChI=1S/C21H25N3O5/c1-4-5-6-11-29-20-18(24(26)27)12-16(13-19(20)28-3)14-22-23-21(25)17-9-7-15(2)8-10-17/h7-10,12-14H,4-6,11H2,1-3H3,(H,23,25)/b22-14-. The number of carbonyl (C=O) groups excluding carboxylic acids is 1. The minimum atomic E-state index is -0.528. The van der Waals surface area contributed by atoms with Crippen molar-refractivity contribution in [3.05, 3.63) is 63.2 Å². The van der Waals surface area contributed by atoms with Gasteiger partial charge in [-0.3, -0.25) is 14.9 Å². The lowest BCUT2D eigenvalue weighted by atomic mass is 10.1. The maximum Gasteiger partial charge on any atom is 0.315 e. The molecular weight excluding hydrogens is 374 g/mol. The third-order valence-corrected chi connectivity index (χ3v) is 4.16. The number of aryl methyl sites for hydroxylation is 1. The number of nitrogens with zero attached hydrogens (tertiary/aromatic N) is 2. The number of benzene rings is 2. The molecule has 1 N–H and O–H groups in total. The lowest BCUT2D eigenvalue weighted by Gasteiger charge is -2.11. The lowest BCUT2D eigenvalue weighted by molar-refractivity contribution is -0.386. The average Bonchev–Trinajstić information content (AvgIpc) is 2.71. The first-order valence-corrected chi connectivity index (χ1v) is 9.35. The summed E-state index contributed by atoms with van der Waals surface area (Å²) in [5, 5.41) is 15.4. The van der Waals surface area contributed by atoms with Crippen molar-refractivity contribution in [2.24, 2.45) is 5.10 Å². The minimum absolute atomic E-state index is 0.0921. The Kier molecular flexibility index (Phi) is 8.14. The molecule has 0 fully saturated rings. The minimum Gasteiger partial charge on any atom is -0.493 e. The molecule has 0 heterocycles. The van der Waals surface area contributed by atoms with E-state index in [0.717, 1.165) is 24.8 Å². The summed E-state index contributed by atoms with van der Waals surface area (Å²) in [4.78, 5) is 23.0. The van der Waals surface area contributed by atoms with E-state index in [0.29, 0.717) is 17.7 Å². The van der Waals surface area contributed by atoms with E-state index in [1.54, 1.807) is 18.2 Å². The number of nitrogens with one attached hydrogen (secondary N) is 1. The first kappa shape index (κ1) is 21.9. The Balaban J connectivity index is 2.16. The van der Waals surface area contributed by atoms with Crippen LogP contribution in [0.2, 0.25) is 0 Å². The van der Waals surface area contributed by atoms with E-state index in [-0.39, 0.29) is 23.1 Å². The molecule has 0 atom stereocenters. The van der Waals surface area contributed by atoms with E-state index >= 15 is 0 Å². The topological polar surface area (TPSA) is 103 Å². The third-order valence-electron chi connectivity index (χ3n) is 4.16. The van der Waals surface area contributed by atoms with Crippen molar-refractivity contribution in [1.82, 2.24) is 5.43 Å². The van der Waals surface area contributed by atoms with E-state index in [4.69, 9.17) is 9.47 Å². The molecule has 8 heteroatoms. The van der Waals surface area contributed by atoms with Gasteiger partial charge in [-0.1, -0.05) is 37.5 Å². The number of hydrazone groups is 1. The first-order chi connectivity index (χ1) is 14.0. The van der Waals surface area contributed by atoms with Crippen molar-refractivity contribution < 1.29 is 19.2 Å². The van der Waals surface area contributed by atoms with Gasteiger partial charge in [0.05, 0.1) is 24.9 Å². The van der Waals surface area contributed by atoms with Crippen molar-refractivity contribution in [3.8, 4) is 11.5 Å². The highest BCUT2D eigenvalue weighted by Crippen LogP contribution is 2.38. The van der Waals surface area contributed by atoms with Gasteiger partial charge in [-0.25, -0.2) is 5.43 Å². The van der Waals surface area contributed by atoms with Gasteiger partial charge in [0.25, 0.3) is 5.91 Å². The van der Waals surface area contributed by atoms with Crippen molar-refractivity contribution >= 4 is 17.8 Å². The van der Waals surface area contributed by atoms with E-state index in [1.807, 2.05) is 19.1 Å². The molecule has 2 aromatic rings. The second-order valence-corrected chi connectivity index (χ2v) is 6.45. The third kappa shape index (κ3) is 6.31. The number of amides is 1. The van der Waals surface area contributed by atoms with Crippen LogP contribution in [0.25, 0.3) is 0 Å². The molecule has 0 saturated carbocycles. The van der Waals surface area contributed by atoms with E-state index < -0.39 is 4.92 Å². The van der Waals surface area contributed by atoms with Crippen molar-refractivity contribution in [2.75, 3.05) is 13.7 Å². The van der Waals surface area contributed by atoms with Gasteiger partial charge in [0.1, 0.15) is 0 Å². The van der Waals surface area contributed by atoms with Gasteiger partial charge < -0.3 is 9.47 Å². The Labute approximate surface area is 169 Å². The number of nitro groups is 1. The number of ether oxygens (including phenoxy) is 2. The summed E-state index contributed by atoms with van der Waals surface area (Å²) >= 11 is 0. The van der Waals surface area contributed by atoms with Gasteiger partial charge in [0.15, 0.2) is 5.75 Å². The summed E-state index contributed by atoms with van der Waals surface area (Å²) in [6.07, 6.45) is 4.11. The van der Waals surface area contributed by atoms with Crippen LogP contribution >= 0.6 is 0 Å². The Morgan fingerprint density at radius 1 is 1.24 bits per heavy atom. The lowest BCUT2D eigenvalue weighted by Crippen LogP contribution is -2.17. The van der Waals surface area contributed by atoms with Crippen LogP contribution in [0.15, 0.2) is 41.5 Å². The van der Waals surface area contributed by atoms with Crippen LogP contribution in [0, 0.1) is 17.0 Å². The smallest absolute Gasteiger partial charge is 0.315 e. The molecule has 0 unspecified atom stereocenters. The Hall–Kier alpha value is -3.42. The summed E-state index contributed by atoms with van der Waals surface area (Å²) in [6.45, 7) is 4.36. The molecular formula is C21H25N3O5. The van der Waals surface area contributed by atoms with Crippen LogP contribution in [0.3, 0.4) is 0 Å². The molecule has 0 saturated heterocycles.